The Morgan fingerprint density at radius 2 is 1.65 bits per heavy atom. The summed E-state index contributed by atoms with van der Waals surface area (Å²) < 4.78 is 5.26. The van der Waals surface area contributed by atoms with Crippen molar-refractivity contribution in [1.82, 2.24) is 5.16 Å². The third kappa shape index (κ3) is 3.87. The van der Waals surface area contributed by atoms with Gasteiger partial charge in [-0.15, -0.1) is 0 Å². The van der Waals surface area contributed by atoms with Crippen LogP contribution in [0.1, 0.15) is 21.6 Å². The normalized spacial score (nSPS) is 11.4. The van der Waals surface area contributed by atoms with Gasteiger partial charge in [-0.2, -0.15) is 0 Å². The largest absolute Gasteiger partial charge is 0.380 e. The number of hydrogen-bond donors (Lipinski definition) is 1. The summed E-state index contributed by atoms with van der Waals surface area (Å²) in [6, 6.07) is 13.4. The van der Waals surface area contributed by atoms with E-state index in [-0.39, 0.29) is 17.2 Å². The van der Waals surface area contributed by atoms with Gasteiger partial charge in [-0.25, -0.2) is 4.79 Å². The molecule has 26 heavy (non-hydrogen) atoms. The molecule has 8 heteroatoms. The summed E-state index contributed by atoms with van der Waals surface area (Å²) in [5, 5.41) is 8.64. The maximum atomic E-state index is 12.4. The van der Waals surface area contributed by atoms with Crippen LogP contribution in [0.2, 0.25) is 10.0 Å². The van der Waals surface area contributed by atoms with Crippen molar-refractivity contribution in [2.24, 2.45) is 10.9 Å². The van der Waals surface area contributed by atoms with Crippen molar-refractivity contribution in [2.45, 2.75) is 6.92 Å². The zero-order chi connectivity index (χ0) is 18.7. The van der Waals surface area contributed by atoms with Gasteiger partial charge in [0.25, 0.3) is 0 Å². The molecule has 0 aliphatic carbocycles. The number of nitrogens with two attached hydrogens (primary N) is 1. The van der Waals surface area contributed by atoms with Gasteiger partial charge in [0, 0.05) is 21.2 Å². The summed E-state index contributed by atoms with van der Waals surface area (Å²) in [7, 11) is 0. The van der Waals surface area contributed by atoms with Crippen molar-refractivity contribution in [3.05, 3.63) is 75.4 Å². The van der Waals surface area contributed by atoms with Gasteiger partial charge in [0.15, 0.2) is 11.6 Å². The molecule has 0 bridgehead atoms. The number of aryl methyl sites for hydroxylation is 1. The van der Waals surface area contributed by atoms with E-state index in [1.807, 2.05) is 0 Å². The number of aromatic nitrogens is 1. The number of nitrogens with zero attached hydrogens (tertiary/aromatic N) is 2. The number of amidine groups is 1. The first kappa shape index (κ1) is 18.0. The topological polar surface area (TPSA) is 90.7 Å². The van der Waals surface area contributed by atoms with Gasteiger partial charge in [0.05, 0.1) is 5.69 Å². The summed E-state index contributed by atoms with van der Waals surface area (Å²) in [5.41, 5.74) is 7.58. The predicted molar refractivity (Wildman–Crippen MR) is 99.3 cm³/mol. The Balaban J connectivity index is 1.84. The average Bonchev–Trinajstić information content (AvgIpc) is 3.02. The molecular weight excluding hydrogens is 377 g/mol. The minimum absolute atomic E-state index is 0.0390. The van der Waals surface area contributed by atoms with Crippen LogP contribution >= 0.6 is 23.2 Å². The van der Waals surface area contributed by atoms with Gasteiger partial charge in [-0.1, -0.05) is 33.5 Å². The van der Waals surface area contributed by atoms with Crippen molar-refractivity contribution >= 4 is 35.0 Å². The molecule has 3 aromatic rings. The first-order valence-electron chi connectivity index (χ1n) is 7.48. The van der Waals surface area contributed by atoms with Gasteiger partial charge in [0.1, 0.15) is 5.56 Å². The standard InChI is InChI=1S/C18H13Cl2N3O3/c1-10-15(16(25-22-10)11-2-6-13(19)7-3-11)18(24)26-23-17(21)12-4-8-14(20)9-5-12/h2-9H,1H3,(H2,21,23). The molecule has 0 radical (unpaired) electrons. The quantitative estimate of drug-likeness (QED) is 0.308. The lowest BCUT2D eigenvalue weighted by Gasteiger charge is -2.03. The molecule has 0 fully saturated rings. The number of oxime groups is 1. The average molecular weight is 390 g/mol. The van der Waals surface area contributed by atoms with E-state index in [4.69, 9.17) is 38.3 Å². The maximum absolute atomic E-state index is 12.4. The molecule has 0 unspecified atom stereocenters. The highest BCUT2D eigenvalue weighted by Gasteiger charge is 2.23. The summed E-state index contributed by atoms with van der Waals surface area (Å²) in [6.07, 6.45) is 0. The second-order valence-corrected chi connectivity index (χ2v) is 6.21. The predicted octanol–water partition coefficient (Wildman–Crippen LogP) is 4.43. The van der Waals surface area contributed by atoms with Crippen LogP contribution in [0.5, 0.6) is 0 Å². The van der Waals surface area contributed by atoms with Crippen LogP contribution in [0, 0.1) is 6.92 Å². The lowest BCUT2D eigenvalue weighted by atomic mass is 10.1. The molecule has 1 aromatic heterocycles. The molecule has 0 atom stereocenters. The van der Waals surface area contributed by atoms with Gasteiger partial charge in [0.2, 0.25) is 0 Å². The molecule has 0 saturated heterocycles. The molecule has 0 aliphatic heterocycles. The monoisotopic (exact) mass is 389 g/mol. The van der Waals surface area contributed by atoms with Gasteiger partial charge in [-0.3, -0.25) is 0 Å². The molecule has 2 aromatic carbocycles. The van der Waals surface area contributed by atoms with Crippen LogP contribution in [0.3, 0.4) is 0 Å². The Morgan fingerprint density at radius 3 is 2.27 bits per heavy atom. The molecule has 132 valence electrons. The Morgan fingerprint density at radius 1 is 1.08 bits per heavy atom. The van der Waals surface area contributed by atoms with Crippen molar-refractivity contribution in [3.63, 3.8) is 0 Å². The van der Waals surface area contributed by atoms with E-state index in [1.165, 1.54) is 0 Å². The second-order valence-electron chi connectivity index (χ2n) is 5.34. The molecular formula is C18H13Cl2N3O3. The van der Waals surface area contributed by atoms with Crippen LogP contribution in [0.25, 0.3) is 11.3 Å². The summed E-state index contributed by atoms with van der Waals surface area (Å²) >= 11 is 11.7. The van der Waals surface area contributed by atoms with E-state index in [0.717, 1.165) is 0 Å². The maximum Gasteiger partial charge on any atom is 0.371 e. The molecule has 0 aliphatic rings. The highest BCUT2D eigenvalue weighted by molar-refractivity contribution is 6.31. The van der Waals surface area contributed by atoms with Crippen molar-refractivity contribution < 1.29 is 14.2 Å². The zero-order valence-electron chi connectivity index (χ0n) is 13.6. The van der Waals surface area contributed by atoms with E-state index in [9.17, 15) is 4.79 Å². The Bertz CT molecular complexity index is 964. The number of carbonyl (C=O) groups is 1. The van der Waals surface area contributed by atoms with E-state index in [2.05, 4.69) is 10.3 Å². The molecule has 1 heterocycles. The third-order valence-electron chi connectivity index (χ3n) is 3.54. The SMILES string of the molecule is Cc1noc(-c2ccc(Cl)cc2)c1C(=O)O/N=C(\N)c1ccc(Cl)cc1. The lowest BCUT2D eigenvalue weighted by Crippen LogP contribution is -2.15. The number of carbonyl (C=O) groups excluding carboxylic acids is 1. The number of hydrogen-bond acceptors (Lipinski definition) is 5. The fourth-order valence-corrected chi connectivity index (χ4v) is 2.47. The number of benzene rings is 2. The van der Waals surface area contributed by atoms with E-state index in [1.54, 1.807) is 55.5 Å². The van der Waals surface area contributed by atoms with Crippen LogP contribution in [-0.4, -0.2) is 17.0 Å². The van der Waals surface area contributed by atoms with Gasteiger partial charge in [-0.05, 0) is 55.5 Å². The van der Waals surface area contributed by atoms with Crippen LogP contribution in [0.15, 0.2) is 58.2 Å². The van der Waals surface area contributed by atoms with Crippen LogP contribution in [-0.2, 0) is 4.84 Å². The van der Waals surface area contributed by atoms with E-state index >= 15 is 0 Å². The molecule has 0 saturated carbocycles. The number of rotatable bonds is 4. The lowest BCUT2D eigenvalue weighted by molar-refractivity contribution is 0.0515. The third-order valence-corrected chi connectivity index (χ3v) is 4.04. The van der Waals surface area contributed by atoms with Crippen LogP contribution < -0.4 is 5.73 Å². The Kier molecular flexibility index (Phi) is 5.25. The fourth-order valence-electron chi connectivity index (χ4n) is 2.22. The Hall–Kier alpha value is -2.83. The van der Waals surface area contributed by atoms with Gasteiger partial charge >= 0.3 is 5.97 Å². The Labute approximate surface area is 159 Å². The number of halogens is 2. The minimum Gasteiger partial charge on any atom is -0.380 e. The summed E-state index contributed by atoms with van der Waals surface area (Å²) in [4.78, 5) is 17.4. The van der Waals surface area contributed by atoms with E-state index in [0.29, 0.717) is 26.9 Å². The minimum atomic E-state index is -0.731. The first-order chi connectivity index (χ1) is 12.5. The van der Waals surface area contributed by atoms with Gasteiger partial charge < -0.3 is 15.1 Å². The summed E-state index contributed by atoms with van der Waals surface area (Å²) in [6.45, 7) is 1.63. The molecule has 0 amide bonds. The zero-order valence-corrected chi connectivity index (χ0v) is 15.1. The highest BCUT2D eigenvalue weighted by Crippen LogP contribution is 2.28. The fraction of sp³-hybridized carbons (Fsp3) is 0.0556. The molecule has 0 spiro atoms. The summed E-state index contributed by atoms with van der Waals surface area (Å²) in [5.74, 6) is -0.424. The smallest absolute Gasteiger partial charge is 0.371 e. The van der Waals surface area contributed by atoms with Crippen molar-refractivity contribution in [3.8, 4) is 11.3 Å². The first-order valence-corrected chi connectivity index (χ1v) is 8.24. The highest BCUT2D eigenvalue weighted by atomic mass is 35.5. The molecule has 3 rings (SSSR count). The molecule has 2 N–H and O–H groups in total. The second kappa shape index (κ2) is 7.59. The van der Waals surface area contributed by atoms with Crippen LogP contribution in [0.4, 0.5) is 0 Å². The van der Waals surface area contributed by atoms with E-state index < -0.39 is 5.97 Å². The van der Waals surface area contributed by atoms with Crippen molar-refractivity contribution in [1.29, 1.82) is 0 Å². The van der Waals surface area contributed by atoms with Crippen molar-refractivity contribution in [2.75, 3.05) is 0 Å². The molecule has 6 nitrogen and oxygen atoms in total.